The van der Waals surface area contributed by atoms with Crippen molar-refractivity contribution in [3.63, 3.8) is 0 Å². The molecule has 1 rings (SSSR count). The normalized spacial score (nSPS) is 9.92. The average molecular weight is 198 g/mol. The van der Waals surface area contributed by atoms with Crippen molar-refractivity contribution in [2.24, 2.45) is 0 Å². The van der Waals surface area contributed by atoms with E-state index < -0.39 is 0 Å². The van der Waals surface area contributed by atoms with Crippen LogP contribution in [0.4, 0.5) is 5.82 Å². The lowest BCUT2D eigenvalue weighted by Crippen LogP contribution is -2.03. The van der Waals surface area contributed by atoms with Gasteiger partial charge in [-0.3, -0.25) is 0 Å². The van der Waals surface area contributed by atoms with E-state index in [-0.39, 0.29) is 0 Å². The van der Waals surface area contributed by atoms with E-state index in [1.165, 1.54) is 0 Å². The second kappa shape index (κ2) is 5.70. The number of anilines is 1. The number of ether oxygens (including phenoxy) is 1. The van der Waals surface area contributed by atoms with E-state index in [0.29, 0.717) is 18.2 Å². The lowest BCUT2D eigenvalue weighted by Gasteiger charge is -2.06. The van der Waals surface area contributed by atoms with E-state index in [0.717, 1.165) is 11.5 Å². The van der Waals surface area contributed by atoms with Crippen LogP contribution >= 0.6 is 11.8 Å². The summed E-state index contributed by atoms with van der Waals surface area (Å²) in [7, 11) is 0. The third-order valence-corrected chi connectivity index (χ3v) is 2.35. The molecule has 0 bridgehead atoms. The van der Waals surface area contributed by atoms with Crippen molar-refractivity contribution in [3.8, 4) is 5.75 Å². The monoisotopic (exact) mass is 198 g/mol. The summed E-state index contributed by atoms with van der Waals surface area (Å²) in [6.07, 6.45) is 1.66. The van der Waals surface area contributed by atoms with E-state index in [2.05, 4.69) is 11.9 Å². The maximum Gasteiger partial charge on any atom is 0.166 e. The van der Waals surface area contributed by atoms with Crippen LogP contribution in [0.15, 0.2) is 18.3 Å². The van der Waals surface area contributed by atoms with E-state index in [1.54, 1.807) is 6.20 Å². The highest BCUT2D eigenvalue weighted by atomic mass is 32.2. The summed E-state index contributed by atoms with van der Waals surface area (Å²) in [5.74, 6) is 3.25. The topological polar surface area (TPSA) is 48.1 Å². The fourth-order valence-electron chi connectivity index (χ4n) is 0.880. The van der Waals surface area contributed by atoms with Crippen LogP contribution in [0.2, 0.25) is 0 Å². The molecule has 0 aromatic carbocycles. The van der Waals surface area contributed by atoms with E-state index >= 15 is 0 Å². The fraction of sp³-hybridized carbons (Fsp3) is 0.444. The first kappa shape index (κ1) is 10.2. The Morgan fingerprint density at radius 2 is 2.46 bits per heavy atom. The zero-order valence-electron chi connectivity index (χ0n) is 7.69. The van der Waals surface area contributed by atoms with Crippen LogP contribution < -0.4 is 10.5 Å². The number of nitrogens with two attached hydrogens (primary N) is 1. The highest BCUT2D eigenvalue weighted by Gasteiger charge is 1.98. The molecule has 1 aromatic rings. The predicted octanol–water partition coefficient (Wildman–Crippen LogP) is 1.80. The predicted molar refractivity (Wildman–Crippen MR) is 57.1 cm³/mol. The molecule has 0 amide bonds. The summed E-state index contributed by atoms with van der Waals surface area (Å²) < 4.78 is 5.43. The molecule has 0 aliphatic rings. The van der Waals surface area contributed by atoms with Crippen molar-refractivity contribution in [2.45, 2.75) is 6.92 Å². The molecule has 3 nitrogen and oxygen atoms in total. The summed E-state index contributed by atoms with van der Waals surface area (Å²) in [6, 6.07) is 3.65. The second-order valence-corrected chi connectivity index (χ2v) is 3.83. The number of pyridine rings is 1. The number of hydrogen-bond acceptors (Lipinski definition) is 4. The first-order chi connectivity index (χ1) is 6.34. The highest BCUT2D eigenvalue weighted by Crippen LogP contribution is 2.16. The molecule has 0 spiro atoms. The Balaban J connectivity index is 2.32. The van der Waals surface area contributed by atoms with Gasteiger partial charge >= 0.3 is 0 Å². The average Bonchev–Trinajstić information content (AvgIpc) is 2.15. The molecule has 1 heterocycles. The molecule has 13 heavy (non-hydrogen) atoms. The van der Waals surface area contributed by atoms with Gasteiger partial charge < -0.3 is 10.5 Å². The van der Waals surface area contributed by atoms with Crippen LogP contribution in [0.3, 0.4) is 0 Å². The van der Waals surface area contributed by atoms with Gasteiger partial charge in [0.2, 0.25) is 0 Å². The number of rotatable bonds is 5. The highest BCUT2D eigenvalue weighted by molar-refractivity contribution is 7.99. The van der Waals surface area contributed by atoms with Crippen molar-refractivity contribution in [2.75, 3.05) is 23.8 Å². The Hall–Kier alpha value is -0.900. The maximum atomic E-state index is 5.59. The molecule has 0 fully saturated rings. The summed E-state index contributed by atoms with van der Waals surface area (Å²) >= 11 is 1.85. The molecule has 0 aliphatic carbocycles. The van der Waals surface area contributed by atoms with Crippen LogP contribution in [0.1, 0.15) is 6.92 Å². The van der Waals surface area contributed by atoms with E-state index in [9.17, 15) is 0 Å². The van der Waals surface area contributed by atoms with Crippen molar-refractivity contribution in [1.29, 1.82) is 0 Å². The Bertz CT molecular complexity index is 255. The third kappa shape index (κ3) is 3.55. The molecule has 4 heteroatoms. The van der Waals surface area contributed by atoms with Crippen LogP contribution in [-0.2, 0) is 0 Å². The van der Waals surface area contributed by atoms with Gasteiger partial charge in [0.1, 0.15) is 0 Å². The maximum absolute atomic E-state index is 5.59. The van der Waals surface area contributed by atoms with Crippen LogP contribution in [-0.4, -0.2) is 23.1 Å². The summed E-state index contributed by atoms with van der Waals surface area (Å²) in [5, 5.41) is 0. The Morgan fingerprint density at radius 1 is 1.62 bits per heavy atom. The van der Waals surface area contributed by atoms with Crippen LogP contribution in [0, 0.1) is 0 Å². The Kier molecular flexibility index (Phi) is 4.46. The standard InChI is InChI=1S/C9H14N2OS/c1-2-13-7-6-12-8-4-3-5-11-9(8)10/h3-5H,2,6-7H2,1H3,(H2,10,11). The van der Waals surface area contributed by atoms with Crippen LogP contribution in [0.25, 0.3) is 0 Å². The van der Waals surface area contributed by atoms with Gasteiger partial charge in [-0.25, -0.2) is 4.98 Å². The zero-order chi connectivity index (χ0) is 9.52. The second-order valence-electron chi connectivity index (χ2n) is 2.43. The van der Waals surface area contributed by atoms with Crippen molar-refractivity contribution in [1.82, 2.24) is 4.98 Å². The zero-order valence-corrected chi connectivity index (χ0v) is 8.51. The number of nitrogen functional groups attached to an aromatic ring is 1. The molecular weight excluding hydrogens is 184 g/mol. The molecule has 0 saturated heterocycles. The van der Waals surface area contributed by atoms with Crippen molar-refractivity contribution < 1.29 is 4.74 Å². The molecule has 2 N–H and O–H groups in total. The largest absolute Gasteiger partial charge is 0.489 e. The minimum absolute atomic E-state index is 0.462. The Morgan fingerprint density at radius 3 is 3.15 bits per heavy atom. The van der Waals surface area contributed by atoms with E-state index in [1.807, 2.05) is 23.9 Å². The van der Waals surface area contributed by atoms with E-state index in [4.69, 9.17) is 10.5 Å². The van der Waals surface area contributed by atoms with Gasteiger partial charge in [-0.1, -0.05) is 6.92 Å². The van der Waals surface area contributed by atoms with Gasteiger partial charge in [0.15, 0.2) is 11.6 Å². The molecule has 0 radical (unpaired) electrons. The number of aromatic nitrogens is 1. The quantitative estimate of drug-likeness (QED) is 0.733. The Labute approximate surface area is 82.7 Å². The lowest BCUT2D eigenvalue weighted by molar-refractivity contribution is 0.344. The van der Waals surface area contributed by atoms with Gasteiger partial charge in [-0.05, 0) is 17.9 Å². The number of nitrogens with zero attached hydrogens (tertiary/aromatic N) is 1. The molecule has 0 saturated carbocycles. The molecule has 0 atom stereocenters. The van der Waals surface area contributed by atoms with Crippen molar-refractivity contribution >= 4 is 17.6 Å². The molecule has 1 aromatic heterocycles. The summed E-state index contributed by atoms with van der Waals surface area (Å²) in [6.45, 7) is 2.82. The molecule has 0 aliphatic heterocycles. The minimum atomic E-state index is 0.462. The molecule has 0 unspecified atom stereocenters. The lowest BCUT2D eigenvalue weighted by atomic mass is 10.4. The van der Waals surface area contributed by atoms with Gasteiger partial charge in [0.25, 0.3) is 0 Å². The first-order valence-electron chi connectivity index (χ1n) is 4.25. The number of thioether (sulfide) groups is 1. The molecule has 72 valence electrons. The summed E-state index contributed by atoms with van der Waals surface area (Å²) in [4.78, 5) is 3.92. The van der Waals surface area contributed by atoms with Gasteiger partial charge in [0, 0.05) is 11.9 Å². The van der Waals surface area contributed by atoms with Gasteiger partial charge in [0.05, 0.1) is 6.61 Å². The number of hydrogen-bond donors (Lipinski definition) is 1. The minimum Gasteiger partial charge on any atom is -0.489 e. The summed E-state index contributed by atoms with van der Waals surface area (Å²) in [5.41, 5.74) is 5.59. The van der Waals surface area contributed by atoms with Crippen molar-refractivity contribution in [3.05, 3.63) is 18.3 Å². The smallest absolute Gasteiger partial charge is 0.166 e. The van der Waals surface area contributed by atoms with Gasteiger partial charge in [-0.2, -0.15) is 11.8 Å². The third-order valence-electron chi connectivity index (χ3n) is 1.49. The van der Waals surface area contributed by atoms with Crippen LogP contribution in [0.5, 0.6) is 5.75 Å². The molecular formula is C9H14N2OS. The SMILES string of the molecule is CCSCCOc1cccnc1N. The van der Waals surface area contributed by atoms with Gasteiger partial charge in [-0.15, -0.1) is 0 Å². The fourth-order valence-corrected chi connectivity index (χ4v) is 1.37. The first-order valence-corrected chi connectivity index (χ1v) is 5.41.